The molecule has 1 heterocycles. The minimum atomic E-state index is -0.00812. The van der Waals surface area contributed by atoms with Gasteiger partial charge in [0.05, 0.1) is 0 Å². The molecule has 1 radical (unpaired) electrons. The third kappa shape index (κ3) is 3.36. The minimum Gasteiger partial charge on any atom is -0.508 e. The van der Waals surface area contributed by atoms with Crippen molar-refractivity contribution >= 4 is 15.9 Å². The summed E-state index contributed by atoms with van der Waals surface area (Å²) >= 11 is 3.39. The first kappa shape index (κ1) is 16.6. The molecule has 0 fully saturated rings. The van der Waals surface area contributed by atoms with Crippen molar-refractivity contribution in [3.05, 3.63) is 50.7 Å². The molecule has 0 amide bonds. The SMILES string of the molecule is CCn1c(-c2ccc(O)cc2Br)[c-]cc(C)c1=O.[Y]. The Hall–Kier alpha value is -0.446. The smallest absolute Gasteiger partial charge is 0.197 e. The Labute approximate surface area is 145 Å². The first-order valence-corrected chi connectivity index (χ1v) is 6.45. The Bertz CT molecular complexity index is 652. The molecule has 3 nitrogen and oxygen atoms in total. The molecule has 0 spiro atoms. The first-order chi connectivity index (χ1) is 8.54. The molecular formula is C14H13BrNO2Y-. The van der Waals surface area contributed by atoms with Gasteiger partial charge in [0.2, 0.25) is 0 Å². The first-order valence-electron chi connectivity index (χ1n) is 5.65. The Balaban J connectivity index is 0.00000180. The van der Waals surface area contributed by atoms with Crippen molar-refractivity contribution in [3.8, 4) is 17.0 Å². The minimum absolute atomic E-state index is 0. The number of aromatic hydroxyl groups is 1. The molecule has 0 aliphatic carbocycles. The Morgan fingerprint density at radius 3 is 2.68 bits per heavy atom. The molecule has 5 heteroatoms. The van der Waals surface area contributed by atoms with Crippen LogP contribution in [0.1, 0.15) is 12.5 Å². The van der Waals surface area contributed by atoms with E-state index in [9.17, 15) is 9.90 Å². The molecule has 0 saturated carbocycles. The van der Waals surface area contributed by atoms with Gasteiger partial charge < -0.3 is 9.67 Å². The summed E-state index contributed by atoms with van der Waals surface area (Å²) in [4.78, 5) is 12.1. The second-order valence-electron chi connectivity index (χ2n) is 4.03. The number of phenols is 1. The summed E-state index contributed by atoms with van der Waals surface area (Å²) < 4.78 is 2.41. The van der Waals surface area contributed by atoms with Gasteiger partial charge in [-0.05, 0) is 23.5 Å². The van der Waals surface area contributed by atoms with Crippen LogP contribution in [0.25, 0.3) is 11.3 Å². The number of nitrogens with zero attached hydrogens (tertiary/aromatic N) is 1. The van der Waals surface area contributed by atoms with E-state index in [-0.39, 0.29) is 44.0 Å². The van der Waals surface area contributed by atoms with Gasteiger partial charge >= 0.3 is 0 Å². The number of aryl methyl sites for hydroxylation is 1. The predicted molar refractivity (Wildman–Crippen MR) is 74.7 cm³/mol. The van der Waals surface area contributed by atoms with Gasteiger partial charge in [-0.1, -0.05) is 39.7 Å². The summed E-state index contributed by atoms with van der Waals surface area (Å²) in [5.74, 6) is 0.183. The van der Waals surface area contributed by atoms with Gasteiger partial charge in [0.25, 0.3) is 0 Å². The second-order valence-corrected chi connectivity index (χ2v) is 4.89. The molecule has 0 saturated heterocycles. The van der Waals surface area contributed by atoms with E-state index >= 15 is 0 Å². The fraction of sp³-hybridized carbons (Fsp3) is 0.214. The van der Waals surface area contributed by atoms with Crippen LogP contribution in [0.2, 0.25) is 0 Å². The molecule has 1 N–H and O–H groups in total. The van der Waals surface area contributed by atoms with Crippen molar-refractivity contribution in [2.45, 2.75) is 20.4 Å². The molecule has 1 aromatic carbocycles. The Morgan fingerprint density at radius 1 is 1.42 bits per heavy atom. The molecule has 0 bridgehead atoms. The Morgan fingerprint density at radius 2 is 2.11 bits per heavy atom. The monoisotopic (exact) mass is 395 g/mol. The number of rotatable bonds is 2. The standard InChI is InChI=1S/C14H13BrNO2.Y/c1-3-16-13(7-4-9(2)14(16)18)11-6-5-10(17)8-12(11)15;/h4-6,8,17H,3H2,1-2H3;/q-1;. The quantitative estimate of drug-likeness (QED) is 0.794. The molecule has 0 unspecified atom stereocenters. The fourth-order valence-corrected chi connectivity index (χ4v) is 2.41. The molecule has 0 aliphatic heterocycles. The van der Waals surface area contributed by atoms with Gasteiger partial charge in [-0.3, -0.25) is 4.79 Å². The van der Waals surface area contributed by atoms with Gasteiger partial charge in [-0.25, -0.2) is 0 Å². The second kappa shape index (κ2) is 6.82. The van der Waals surface area contributed by atoms with Crippen LogP contribution in [-0.2, 0) is 39.3 Å². The van der Waals surface area contributed by atoms with E-state index in [1.54, 1.807) is 35.8 Å². The van der Waals surface area contributed by atoms with Crippen molar-refractivity contribution in [3.63, 3.8) is 0 Å². The molecule has 0 aliphatic rings. The van der Waals surface area contributed by atoms with Crippen LogP contribution in [0.5, 0.6) is 5.75 Å². The number of halogens is 1. The number of phenolic OH excluding ortho intramolecular Hbond substituents is 1. The molecule has 0 atom stereocenters. The average Bonchev–Trinajstić information content (AvgIpc) is 2.33. The van der Waals surface area contributed by atoms with Crippen LogP contribution in [-0.4, -0.2) is 9.67 Å². The van der Waals surface area contributed by atoms with Crippen LogP contribution < -0.4 is 5.56 Å². The third-order valence-electron chi connectivity index (χ3n) is 2.80. The van der Waals surface area contributed by atoms with Crippen molar-refractivity contribution in [2.75, 3.05) is 0 Å². The van der Waals surface area contributed by atoms with E-state index in [0.29, 0.717) is 12.1 Å². The van der Waals surface area contributed by atoms with Crippen molar-refractivity contribution in [1.29, 1.82) is 0 Å². The number of pyridine rings is 1. The van der Waals surface area contributed by atoms with Gasteiger partial charge in [0, 0.05) is 39.3 Å². The average molecular weight is 396 g/mol. The third-order valence-corrected chi connectivity index (χ3v) is 3.46. The summed E-state index contributed by atoms with van der Waals surface area (Å²) in [5.41, 5.74) is 2.23. The van der Waals surface area contributed by atoms with Crippen molar-refractivity contribution < 1.29 is 37.8 Å². The van der Waals surface area contributed by atoms with Crippen molar-refractivity contribution in [2.24, 2.45) is 0 Å². The van der Waals surface area contributed by atoms with E-state index in [2.05, 4.69) is 22.0 Å². The summed E-state index contributed by atoms with van der Waals surface area (Å²) in [5, 5.41) is 9.40. The normalized spacial score (nSPS) is 10.1. The van der Waals surface area contributed by atoms with Gasteiger partial charge in [0.1, 0.15) is 5.75 Å². The molecule has 19 heavy (non-hydrogen) atoms. The summed E-state index contributed by atoms with van der Waals surface area (Å²) in [6.45, 7) is 4.28. The number of benzene rings is 1. The van der Waals surface area contributed by atoms with E-state index < -0.39 is 0 Å². The van der Waals surface area contributed by atoms with Crippen molar-refractivity contribution in [1.82, 2.24) is 4.57 Å². The Kier molecular flexibility index (Phi) is 5.96. The fourth-order valence-electron chi connectivity index (χ4n) is 1.85. The van der Waals surface area contributed by atoms with E-state index in [1.165, 1.54) is 0 Å². The van der Waals surface area contributed by atoms with Gasteiger partial charge in [-0.15, -0.1) is 6.07 Å². The summed E-state index contributed by atoms with van der Waals surface area (Å²) in [7, 11) is 0. The number of hydrogen-bond acceptors (Lipinski definition) is 2. The van der Waals surface area contributed by atoms with E-state index in [0.717, 1.165) is 15.7 Å². The maximum Gasteiger partial charge on any atom is 0.197 e. The molecule has 2 rings (SSSR count). The van der Waals surface area contributed by atoms with Crippen LogP contribution in [0.15, 0.2) is 33.5 Å². The maximum atomic E-state index is 12.1. The molecule has 1 aromatic heterocycles. The molecule has 97 valence electrons. The predicted octanol–water partition coefficient (Wildman–Crippen LogP) is 3.11. The van der Waals surface area contributed by atoms with Crippen LogP contribution in [0.4, 0.5) is 0 Å². The van der Waals surface area contributed by atoms with E-state index in [4.69, 9.17) is 0 Å². The van der Waals surface area contributed by atoms with Crippen LogP contribution in [0.3, 0.4) is 0 Å². The van der Waals surface area contributed by atoms with Gasteiger partial charge in [0.15, 0.2) is 5.56 Å². The zero-order valence-corrected chi connectivity index (χ0v) is 15.2. The zero-order chi connectivity index (χ0) is 13.3. The number of hydrogen-bond donors (Lipinski definition) is 1. The summed E-state index contributed by atoms with van der Waals surface area (Å²) in [6.07, 6.45) is 0. The molecule has 2 aromatic rings. The van der Waals surface area contributed by atoms with E-state index in [1.807, 2.05) is 6.92 Å². The van der Waals surface area contributed by atoms with Gasteiger partial charge in [-0.2, -0.15) is 12.1 Å². The van der Waals surface area contributed by atoms with Crippen LogP contribution >= 0.6 is 15.9 Å². The molecular weight excluding hydrogens is 383 g/mol. The topological polar surface area (TPSA) is 42.2 Å². The zero-order valence-electron chi connectivity index (χ0n) is 10.8. The summed E-state index contributed by atoms with van der Waals surface area (Å²) in [6, 6.07) is 9.79. The largest absolute Gasteiger partial charge is 0.508 e. The van der Waals surface area contributed by atoms with Crippen LogP contribution in [0, 0.1) is 13.0 Å². The maximum absolute atomic E-state index is 12.1. The number of aromatic nitrogens is 1.